The van der Waals surface area contributed by atoms with Gasteiger partial charge in [-0.05, 0) is 36.6 Å². The van der Waals surface area contributed by atoms with Gasteiger partial charge in [-0.2, -0.15) is 0 Å². The van der Waals surface area contributed by atoms with Crippen molar-refractivity contribution in [3.63, 3.8) is 0 Å². The highest BCUT2D eigenvalue weighted by molar-refractivity contribution is 9.10. The van der Waals surface area contributed by atoms with E-state index < -0.39 is 0 Å². The third kappa shape index (κ3) is 5.49. The molecule has 108 valence electrons. The van der Waals surface area contributed by atoms with Crippen LogP contribution in [-0.4, -0.2) is 11.9 Å². The molecule has 2 rings (SSSR count). The number of hydrogen-bond donors (Lipinski definition) is 1. The molecule has 1 aliphatic rings. The van der Waals surface area contributed by atoms with Gasteiger partial charge in [0, 0.05) is 16.6 Å². The van der Waals surface area contributed by atoms with Gasteiger partial charge in [-0.25, -0.2) is 0 Å². The van der Waals surface area contributed by atoms with Gasteiger partial charge >= 0.3 is 0 Å². The number of benzene rings is 1. The molecule has 0 atom stereocenters. The fourth-order valence-corrected chi connectivity index (χ4v) is 3.05. The first kappa shape index (κ1) is 15.3. The van der Waals surface area contributed by atoms with Gasteiger partial charge in [0.15, 0.2) is 0 Å². The molecular formula is C17H22BrNO. The van der Waals surface area contributed by atoms with Crippen molar-refractivity contribution < 1.29 is 4.79 Å². The van der Waals surface area contributed by atoms with Crippen molar-refractivity contribution in [2.75, 3.05) is 0 Å². The van der Waals surface area contributed by atoms with Crippen LogP contribution >= 0.6 is 15.9 Å². The lowest BCUT2D eigenvalue weighted by Gasteiger charge is -2.20. The maximum Gasteiger partial charge on any atom is 0.244 e. The van der Waals surface area contributed by atoms with E-state index in [1.54, 1.807) is 6.08 Å². The largest absolute Gasteiger partial charge is 0.350 e. The van der Waals surface area contributed by atoms with E-state index in [0.717, 1.165) is 22.9 Å². The molecule has 1 aliphatic carbocycles. The number of hydrogen-bond acceptors (Lipinski definition) is 1. The highest BCUT2D eigenvalue weighted by Gasteiger charge is 2.12. The van der Waals surface area contributed by atoms with Crippen LogP contribution in [0.5, 0.6) is 0 Å². The molecule has 0 aliphatic heterocycles. The van der Waals surface area contributed by atoms with E-state index in [-0.39, 0.29) is 5.91 Å². The Bertz CT molecular complexity index is 462. The first-order valence-corrected chi connectivity index (χ1v) is 8.27. The first-order chi connectivity index (χ1) is 9.74. The van der Waals surface area contributed by atoms with Crippen LogP contribution in [0.15, 0.2) is 34.8 Å². The van der Waals surface area contributed by atoms with Gasteiger partial charge in [0.05, 0.1) is 0 Å². The molecule has 0 bridgehead atoms. The van der Waals surface area contributed by atoms with E-state index in [9.17, 15) is 4.79 Å². The Labute approximate surface area is 129 Å². The van der Waals surface area contributed by atoms with Crippen LogP contribution < -0.4 is 5.32 Å². The number of carbonyl (C=O) groups is 1. The molecular weight excluding hydrogens is 314 g/mol. The summed E-state index contributed by atoms with van der Waals surface area (Å²) in [6, 6.07) is 8.29. The van der Waals surface area contributed by atoms with Crippen LogP contribution in [0.2, 0.25) is 0 Å². The zero-order valence-corrected chi connectivity index (χ0v) is 13.4. The van der Waals surface area contributed by atoms with E-state index in [2.05, 4.69) is 21.2 Å². The van der Waals surface area contributed by atoms with Gasteiger partial charge in [0.1, 0.15) is 0 Å². The highest BCUT2D eigenvalue weighted by Crippen LogP contribution is 2.17. The van der Waals surface area contributed by atoms with Gasteiger partial charge in [-0.3, -0.25) is 4.79 Å². The SMILES string of the molecule is O=C(/C=C/c1cccc(Br)c1)NC1CCCCCCC1. The Morgan fingerprint density at radius 3 is 2.55 bits per heavy atom. The lowest BCUT2D eigenvalue weighted by Crippen LogP contribution is -2.34. The summed E-state index contributed by atoms with van der Waals surface area (Å²) in [5.41, 5.74) is 1.03. The average Bonchev–Trinajstić information content (AvgIpc) is 2.39. The number of amides is 1. The van der Waals surface area contributed by atoms with Crippen molar-refractivity contribution in [2.45, 2.75) is 51.0 Å². The van der Waals surface area contributed by atoms with E-state index in [1.165, 1.54) is 32.1 Å². The van der Waals surface area contributed by atoms with Crippen molar-refractivity contribution in [3.05, 3.63) is 40.4 Å². The van der Waals surface area contributed by atoms with Crippen molar-refractivity contribution >= 4 is 27.9 Å². The molecule has 20 heavy (non-hydrogen) atoms. The van der Waals surface area contributed by atoms with Crippen LogP contribution in [-0.2, 0) is 4.79 Å². The van der Waals surface area contributed by atoms with Crippen LogP contribution in [0.3, 0.4) is 0 Å². The third-order valence-electron chi connectivity index (χ3n) is 3.73. The van der Waals surface area contributed by atoms with Crippen LogP contribution in [0.4, 0.5) is 0 Å². The topological polar surface area (TPSA) is 29.1 Å². The molecule has 0 spiro atoms. The molecule has 0 aromatic heterocycles. The van der Waals surface area contributed by atoms with Crippen LogP contribution in [0, 0.1) is 0 Å². The van der Waals surface area contributed by atoms with E-state index in [1.807, 2.05) is 30.3 Å². The van der Waals surface area contributed by atoms with Gasteiger partial charge in [-0.1, -0.05) is 60.2 Å². The number of nitrogens with one attached hydrogen (secondary N) is 1. The number of rotatable bonds is 3. The summed E-state index contributed by atoms with van der Waals surface area (Å²) in [6.07, 6.45) is 12.2. The van der Waals surface area contributed by atoms with Crippen LogP contribution in [0.1, 0.15) is 50.5 Å². The van der Waals surface area contributed by atoms with Crippen molar-refractivity contribution in [2.24, 2.45) is 0 Å². The van der Waals surface area contributed by atoms with Crippen molar-refractivity contribution in [1.82, 2.24) is 5.32 Å². The minimum atomic E-state index is 0.0237. The molecule has 2 nitrogen and oxygen atoms in total. The minimum absolute atomic E-state index is 0.0237. The predicted molar refractivity (Wildman–Crippen MR) is 87.4 cm³/mol. The number of carbonyl (C=O) groups excluding carboxylic acids is 1. The van der Waals surface area contributed by atoms with E-state index in [0.29, 0.717) is 6.04 Å². The second-order valence-electron chi connectivity index (χ2n) is 5.44. The van der Waals surface area contributed by atoms with Gasteiger partial charge < -0.3 is 5.32 Å². The standard InChI is InChI=1S/C17H22BrNO/c18-15-8-6-7-14(13-15)11-12-17(20)19-16-9-4-2-1-3-5-10-16/h6-8,11-13,16H,1-5,9-10H2,(H,19,20)/b12-11+. The fourth-order valence-electron chi connectivity index (χ4n) is 2.63. The zero-order valence-electron chi connectivity index (χ0n) is 11.8. The Morgan fingerprint density at radius 2 is 1.85 bits per heavy atom. The molecule has 1 aromatic carbocycles. The normalized spacial score (nSPS) is 17.6. The van der Waals surface area contributed by atoms with Gasteiger partial charge in [-0.15, -0.1) is 0 Å². The Kier molecular flexibility index (Phi) is 6.31. The summed E-state index contributed by atoms with van der Waals surface area (Å²) in [5, 5.41) is 3.13. The molecule has 1 fully saturated rings. The summed E-state index contributed by atoms with van der Waals surface area (Å²) in [4.78, 5) is 12.0. The molecule has 1 saturated carbocycles. The fraction of sp³-hybridized carbons (Fsp3) is 0.471. The van der Waals surface area contributed by atoms with Crippen molar-refractivity contribution in [1.29, 1.82) is 0 Å². The lowest BCUT2D eigenvalue weighted by molar-refractivity contribution is -0.117. The summed E-state index contributed by atoms with van der Waals surface area (Å²) in [5.74, 6) is 0.0237. The zero-order chi connectivity index (χ0) is 14.2. The summed E-state index contributed by atoms with van der Waals surface area (Å²) >= 11 is 3.43. The summed E-state index contributed by atoms with van der Waals surface area (Å²) in [6.45, 7) is 0. The van der Waals surface area contributed by atoms with Crippen LogP contribution in [0.25, 0.3) is 6.08 Å². The Morgan fingerprint density at radius 1 is 1.15 bits per heavy atom. The molecule has 0 unspecified atom stereocenters. The average molecular weight is 336 g/mol. The highest BCUT2D eigenvalue weighted by atomic mass is 79.9. The van der Waals surface area contributed by atoms with Gasteiger partial charge in [0.25, 0.3) is 0 Å². The molecule has 1 N–H and O–H groups in total. The second kappa shape index (κ2) is 8.25. The number of halogens is 1. The quantitative estimate of drug-likeness (QED) is 0.797. The maximum atomic E-state index is 12.0. The molecule has 1 aromatic rings. The molecule has 0 radical (unpaired) electrons. The van der Waals surface area contributed by atoms with Gasteiger partial charge in [0.2, 0.25) is 5.91 Å². The molecule has 3 heteroatoms. The Hall–Kier alpha value is -1.09. The third-order valence-corrected chi connectivity index (χ3v) is 4.22. The molecule has 0 saturated heterocycles. The summed E-state index contributed by atoms with van der Waals surface area (Å²) in [7, 11) is 0. The van der Waals surface area contributed by atoms with E-state index >= 15 is 0 Å². The predicted octanol–water partition coefficient (Wildman–Crippen LogP) is 4.69. The second-order valence-corrected chi connectivity index (χ2v) is 6.35. The first-order valence-electron chi connectivity index (χ1n) is 7.48. The summed E-state index contributed by atoms with van der Waals surface area (Å²) < 4.78 is 1.03. The monoisotopic (exact) mass is 335 g/mol. The Balaban J connectivity index is 1.84. The smallest absolute Gasteiger partial charge is 0.244 e. The lowest BCUT2D eigenvalue weighted by atomic mass is 9.97. The van der Waals surface area contributed by atoms with Crippen molar-refractivity contribution in [3.8, 4) is 0 Å². The maximum absolute atomic E-state index is 12.0. The minimum Gasteiger partial charge on any atom is -0.350 e. The molecule has 1 amide bonds. The van der Waals surface area contributed by atoms with E-state index in [4.69, 9.17) is 0 Å². The molecule has 0 heterocycles.